The van der Waals surface area contributed by atoms with Crippen molar-refractivity contribution in [3.63, 3.8) is 0 Å². The highest BCUT2D eigenvalue weighted by atomic mass is 32.2. The zero-order valence-electron chi connectivity index (χ0n) is 11.5. The molecule has 2 N–H and O–H groups in total. The highest BCUT2D eigenvalue weighted by Gasteiger charge is 2.67. The Hall–Kier alpha value is -0.690. The maximum atomic E-state index is 12.4. The summed E-state index contributed by atoms with van der Waals surface area (Å²) in [4.78, 5) is 12.3. The first-order chi connectivity index (χ1) is 8.57. The van der Waals surface area contributed by atoms with E-state index in [4.69, 9.17) is 18.0 Å². The SMILES string of the molecule is CC1CCC(C(N)=S)(N2C(=O)C(C)(C)S2(=O)=O)CC1. The number of carbonyl (C=O) groups excluding carboxylic acids is 1. The third kappa shape index (κ3) is 1.74. The van der Waals surface area contributed by atoms with E-state index in [1.807, 2.05) is 0 Å². The van der Waals surface area contributed by atoms with Crippen LogP contribution in [0.3, 0.4) is 0 Å². The molecule has 1 aliphatic carbocycles. The minimum atomic E-state index is -3.65. The van der Waals surface area contributed by atoms with E-state index in [0.29, 0.717) is 18.8 Å². The number of carbonyl (C=O) groups is 1. The van der Waals surface area contributed by atoms with Crippen molar-refractivity contribution in [2.45, 2.75) is 56.7 Å². The fraction of sp³-hybridized carbons (Fsp3) is 0.833. The lowest BCUT2D eigenvalue weighted by molar-refractivity contribution is -0.136. The predicted molar refractivity (Wildman–Crippen MR) is 77.0 cm³/mol. The van der Waals surface area contributed by atoms with Gasteiger partial charge in [-0.3, -0.25) is 4.79 Å². The molecule has 7 heteroatoms. The lowest BCUT2D eigenvalue weighted by Gasteiger charge is -2.54. The van der Waals surface area contributed by atoms with Gasteiger partial charge < -0.3 is 5.73 Å². The molecule has 1 heterocycles. The van der Waals surface area contributed by atoms with Gasteiger partial charge in [0.15, 0.2) is 4.75 Å². The van der Waals surface area contributed by atoms with Crippen molar-refractivity contribution in [1.29, 1.82) is 0 Å². The zero-order valence-corrected chi connectivity index (χ0v) is 13.1. The summed E-state index contributed by atoms with van der Waals surface area (Å²) in [5, 5.41) is 0. The molecule has 2 aliphatic rings. The summed E-state index contributed by atoms with van der Waals surface area (Å²) in [6.45, 7) is 4.97. The highest BCUT2D eigenvalue weighted by Crippen LogP contribution is 2.47. The van der Waals surface area contributed by atoms with E-state index >= 15 is 0 Å². The van der Waals surface area contributed by atoms with Crippen LogP contribution in [-0.2, 0) is 14.8 Å². The Morgan fingerprint density at radius 3 is 2.21 bits per heavy atom. The summed E-state index contributed by atoms with van der Waals surface area (Å²) >= 11 is 5.09. The number of thiocarbonyl (C=S) groups is 1. The summed E-state index contributed by atoms with van der Waals surface area (Å²) in [7, 11) is -3.65. The fourth-order valence-corrected chi connectivity index (χ4v) is 5.04. The van der Waals surface area contributed by atoms with Crippen molar-refractivity contribution in [3.05, 3.63) is 0 Å². The number of nitrogens with zero attached hydrogens (tertiary/aromatic N) is 1. The Morgan fingerprint density at radius 1 is 1.37 bits per heavy atom. The molecule has 1 saturated heterocycles. The monoisotopic (exact) mass is 304 g/mol. The molecule has 0 bridgehead atoms. The van der Waals surface area contributed by atoms with E-state index in [-0.39, 0.29) is 4.99 Å². The van der Waals surface area contributed by atoms with Crippen LogP contribution in [-0.4, -0.2) is 33.9 Å². The molecule has 1 amide bonds. The van der Waals surface area contributed by atoms with Crippen LogP contribution < -0.4 is 5.73 Å². The van der Waals surface area contributed by atoms with Crippen LogP contribution in [0.4, 0.5) is 0 Å². The van der Waals surface area contributed by atoms with Gasteiger partial charge in [0.1, 0.15) is 10.5 Å². The predicted octanol–water partition coefficient (Wildman–Crippen LogP) is 1.17. The Labute approximate surface area is 119 Å². The molecular formula is C12H20N2O3S2. The van der Waals surface area contributed by atoms with Gasteiger partial charge in [0.25, 0.3) is 15.9 Å². The van der Waals surface area contributed by atoms with E-state index in [1.165, 1.54) is 13.8 Å². The van der Waals surface area contributed by atoms with Crippen molar-refractivity contribution in [1.82, 2.24) is 4.31 Å². The molecule has 0 aromatic carbocycles. The minimum Gasteiger partial charge on any atom is -0.391 e. The third-order valence-electron chi connectivity index (χ3n) is 4.53. The average molecular weight is 304 g/mol. The third-order valence-corrected chi connectivity index (χ3v) is 7.37. The Kier molecular flexibility index (Phi) is 3.21. The quantitative estimate of drug-likeness (QED) is 0.775. The molecular weight excluding hydrogens is 284 g/mol. The summed E-state index contributed by atoms with van der Waals surface area (Å²) in [6, 6.07) is 0. The van der Waals surface area contributed by atoms with Crippen molar-refractivity contribution < 1.29 is 13.2 Å². The molecule has 2 rings (SSSR count). The van der Waals surface area contributed by atoms with Crippen LogP contribution in [0.15, 0.2) is 0 Å². The Bertz CT molecular complexity index is 531. The lowest BCUT2D eigenvalue weighted by Crippen LogP contribution is -2.76. The van der Waals surface area contributed by atoms with Gasteiger partial charge in [-0.25, -0.2) is 12.7 Å². The van der Waals surface area contributed by atoms with Gasteiger partial charge in [-0.15, -0.1) is 0 Å². The topological polar surface area (TPSA) is 80.5 Å². The number of sulfonamides is 1. The van der Waals surface area contributed by atoms with Gasteiger partial charge in [0, 0.05) is 0 Å². The van der Waals surface area contributed by atoms with Gasteiger partial charge in [-0.2, -0.15) is 0 Å². The van der Waals surface area contributed by atoms with Crippen LogP contribution in [0, 0.1) is 5.92 Å². The van der Waals surface area contributed by atoms with E-state index < -0.39 is 26.2 Å². The van der Waals surface area contributed by atoms with Crippen molar-refractivity contribution in [3.8, 4) is 0 Å². The second-order valence-electron chi connectivity index (χ2n) is 6.16. The van der Waals surface area contributed by atoms with Gasteiger partial charge in [0.05, 0.1) is 0 Å². The van der Waals surface area contributed by atoms with Crippen LogP contribution >= 0.6 is 12.2 Å². The van der Waals surface area contributed by atoms with Crippen molar-refractivity contribution in [2.75, 3.05) is 0 Å². The Balaban J connectivity index is 2.44. The van der Waals surface area contributed by atoms with Gasteiger partial charge in [0.2, 0.25) is 0 Å². The molecule has 0 radical (unpaired) electrons. The largest absolute Gasteiger partial charge is 0.391 e. The van der Waals surface area contributed by atoms with E-state index in [1.54, 1.807) is 0 Å². The van der Waals surface area contributed by atoms with E-state index in [9.17, 15) is 13.2 Å². The molecule has 0 atom stereocenters. The van der Waals surface area contributed by atoms with Crippen LogP contribution in [0.25, 0.3) is 0 Å². The number of nitrogens with two attached hydrogens (primary N) is 1. The van der Waals surface area contributed by atoms with Crippen molar-refractivity contribution >= 4 is 33.1 Å². The maximum absolute atomic E-state index is 12.4. The summed E-state index contributed by atoms with van der Waals surface area (Å²) < 4.78 is 24.3. The molecule has 5 nitrogen and oxygen atoms in total. The van der Waals surface area contributed by atoms with E-state index in [2.05, 4.69) is 6.92 Å². The molecule has 1 aliphatic heterocycles. The Morgan fingerprint density at radius 2 is 1.84 bits per heavy atom. The van der Waals surface area contributed by atoms with Crippen LogP contribution in [0.5, 0.6) is 0 Å². The second-order valence-corrected chi connectivity index (χ2v) is 8.94. The second kappa shape index (κ2) is 4.15. The molecule has 19 heavy (non-hydrogen) atoms. The fourth-order valence-electron chi connectivity index (χ4n) is 2.87. The van der Waals surface area contributed by atoms with Gasteiger partial charge >= 0.3 is 0 Å². The lowest BCUT2D eigenvalue weighted by atomic mass is 9.76. The maximum Gasteiger partial charge on any atom is 0.259 e. The number of rotatable bonds is 2. The minimum absolute atomic E-state index is 0.117. The normalized spacial score (nSPS) is 36.7. The summed E-state index contributed by atoms with van der Waals surface area (Å²) in [6.07, 6.45) is 2.73. The number of hydrogen-bond acceptors (Lipinski definition) is 4. The number of amides is 1. The summed E-state index contributed by atoms with van der Waals surface area (Å²) in [5.74, 6) is 0.115. The van der Waals surface area contributed by atoms with Crippen molar-refractivity contribution in [2.24, 2.45) is 11.7 Å². The highest BCUT2D eigenvalue weighted by molar-refractivity contribution is 7.94. The first kappa shape index (κ1) is 14.7. The molecule has 0 spiro atoms. The standard InChI is InChI=1S/C12H20N2O3S2/c1-8-4-6-12(7-5-8,9(13)18)14-10(15)11(2,3)19(14,16)17/h8H,4-7H2,1-3H3,(H2,13,18). The molecule has 0 unspecified atom stereocenters. The smallest absolute Gasteiger partial charge is 0.259 e. The first-order valence-corrected chi connectivity index (χ1v) is 8.31. The number of hydrogen-bond donors (Lipinski definition) is 1. The van der Waals surface area contributed by atoms with Gasteiger partial charge in [-0.1, -0.05) is 19.1 Å². The average Bonchev–Trinajstić information content (AvgIpc) is 2.31. The molecule has 0 aromatic rings. The van der Waals surface area contributed by atoms with Gasteiger partial charge in [-0.05, 0) is 45.4 Å². The molecule has 0 aromatic heterocycles. The summed E-state index contributed by atoms with van der Waals surface area (Å²) in [5.41, 5.74) is 4.82. The molecule has 108 valence electrons. The zero-order chi connectivity index (χ0) is 14.6. The first-order valence-electron chi connectivity index (χ1n) is 6.47. The van der Waals surface area contributed by atoms with Crippen LogP contribution in [0.2, 0.25) is 0 Å². The van der Waals surface area contributed by atoms with E-state index in [0.717, 1.165) is 17.1 Å². The molecule has 2 fully saturated rings. The molecule has 1 saturated carbocycles. The van der Waals surface area contributed by atoms with Crippen LogP contribution in [0.1, 0.15) is 46.5 Å².